The molecule has 0 aliphatic carbocycles. The first kappa shape index (κ1) is 12.6. The van der Waals surface area contributed by atoms with Crippen molar-refractivity contribution in [3.05, 3.63) is 0 Å². The zero-order valence-corrected chi connectivity index (χ0v) is 8.95. The third kappa shape index (κ3) is 3.57. The molecule has 0 radical (unpaired) electrons. The van der Waals surface area contributed by atoms with Crippen LogP contribution in [0.15, 0.2) is 0 Å². The van der Waals surface area contributed by atoms with Crippen LogP contribution in [0.1, 0.15) is 0 Å². The van der Waals surface area contributed by atoms with E-state index in [1.165, 1.54) is 11.8 Å². The van der Waals surface area contributed by atoms with Gasteiger partial charge >= 0.3 is 12.1 Å². The number of nitrogens with one attached hydrogen (secondary N) is 1. The van der Waals surface area contributed by atoms with Gasteiger partial charge in [-0.2, -0.15) is 24.9 Å². The lowest BCUT2D eigenvalue weighted by Gasteiger charge is -2.18. The van der Waals surface area contributed by atoms with Gasteiger partial charge in [0.1, 0.15) is 6.10 Å². The Morgan fingerprint density at radius 1 is 1.53 bits per heavy atom. The smallest absolute Gasteiger partial charge is 0.454 e. The Hall–Kier alpha value is -0.430. The molecule has 3 nitrogen and oxygen atoms in total. The number of esters is 1. The average Bonchev–Trinajstić information content (AvgIpc) is 2.52. The summed E-state index contributed by atoms with van der Waals surface area (Å²) < 4.78 is 40.1. The number of carbonyl (C=O) groups excluding carboxylic acids is 1. The molecule has 1 heterocycles. The second-order valence-electron chi connectivity index (χ2n) is 3.32. The van der Waals surface area contributed by atoms with Crippen LogP contribution in [0.4, 0.5) is 13.2 Å². The van der Waals surface area contributed by atoms with Crippen LogP contribution in [0.2, 0.25) is 0 Å². The summed E-state index contributed by atoms with van der Waals surface area (Å²) in [6.45, 7) is 0.893. The van der Waals surface area contributed by atoms with Gasteiger partial charge in [0.25, 0.3) is 0 Å². The van der Waals surface area contributed by atoms with Crippen LogP contribution in [0.3, 0.4) is 0 Å². The first-order chi connectivity index (χ1) is 6.95. The van der Waals surface area contributed by atoms with Gasteiger partial charge in [0, 0.05) is 24.8 Å². The highest BCUT2D eigenvalue weighted by molar-refractivity contribution is 7.98. The molecule has 1 saturated heterocycles. The molecule has 2 unspecified atom stereocenters. The van der Waals surface area contributed by atoms with E-state index in [0.29, 0.717) is 18.8 Å². The molecule has 1 rings (SSSR count). The standard InChI is InChI=1S/C8H12F3NO2S/c1-15-4-5-2-12-3-6(5)14-7(13)8(9,10)11/h5-6,12H,2-4H2,1H3. The fourth-order valence-electron chi connectivity index (χ4n) is 1.43. The van der Waals surface area contributed by atoms with Crippen LogP contribution < -0.4 is 5.32 Å². The van der Waals surface area contributed by atoms with Gasteiger partial charge in [0.15, 0.2) is 0 Å². The lowest BCUT2D eigenvalue weighted by molar-refractivity contribution is -0.205. The molecule has 0 aromatic heterocycles. The van der Waals surface area contributed by atoms with Gasteiger partial charge in [-0.25, -0.2) is 4.79 Å². The lowest BCUT2D eigenvalue weighted by atomic mass is 10.1. The molecule has 1 aliphatic heterocycles. The maximum atomic E-state index is 11.9. The maximum Gasteiger partial charge on any atom is 0.490 e. The van der Waals surface area contributed by atoms with E-state index in [1.54, 1.807) is 0 Å². The molecule has 7 heteroatoms. The molecule has 0 spiro atoms. The Bertz CT molecular complexity index is 234. The minimum Gasteiger partial charge on any atom is -0.454 e. The van der Waals surface area contributed by atoms with E-state index in [1.807, 2.05) is 6.26 Å². The summed E-state index contributed by atoms with van der Waals surface area (Å²) in [6.07, 6.45) is -3.69. The monoisotopic (exact) mass is 243 g/mol. The third-order valence-electron chi connectivity index (χ3n) is 2.15. The summed E-state index contributed by atoms with van der Waals surface area (Å²) in [5, 5.41) is 2.91. The molecule has 0 aromatic carbocycles. The van der Waals surface area contributed by atoms with Crippen molar-refractivity contribution >= 4 is 17.7 Å². The molecule has 88 valence electrons. The Labute approximate surface area is 89.7 Å². The number of hydrogen-bond acceptors (Lipinski definition) is 4. The van der Waals surface area contributed by atoms with E-state index in [-0.39, 0.29) is 5.92 Å². The topological polar surface area (TPSA) is 38.3 Å². The van der Waals surface area contributed by atoms with Crippen molar-refractivity contribution in [2.24, 2.45) is 5.92 Å². The largest absolute Gasteiger partial charge is 0.490 e. The Morgan fingerprint density at radius 3 is 2.73 bits per heavy atom. The van der Waals surface area contributed by atoms with Crippen LogP contribution in [0, 0.1) is 5.92 Å². The lowest BCUT2D eigenvalue weighted by Crippen LogP contribution is -2.34. The van der Waals surface area contributed by atoms with E-state index in [4.69, 9.17) is 0 Å². The predicted octanol–water partition coefficient (Wildman–Crippen LogP) is 1.04. The normalized spacial score (nSPS) is 26.7. The van der Waals surface area contributed by atoms with Crippen molar-refractivity contribution in [3.8, 4) is 0 Å². The summed E-state index contributed by atoms with van der Waals surface area (Å²) in [5.74, 6) is -1.45. The highest BCUT2D eigenvalue weighted by Gasteiger charge is 2.44. The summed E-state index contributed by atoms with van der Waals surface area (Å²) in [6, 6.07) is 0. The SMILES string of the molecule is CSCC1CNCC1OC(=O)C(F)(F)F. The Morgan fingerprint density at radius 2 is 2.20 bits per heavy atom. The third-order valence-corrected chi connectivity index (χ3v) is 2.91. The highest BCUT2D eigenvalue weighted by Crippen LogP contribution is 2.22. The summed E-state index contributed by atoms with van der Waals surface area (Å²) in [5.41, 5.74) is 0. The Kier molecular flexibility index (Phi) is 4.27. The van der Waals surface area contributed by atoms with E-state index in [2.05, 4.69) is 10.1 Å². The summed E-state index contributed by atoms with van der Waals surface area (Å²) in [4.78, 5) is 10.6. The minimum atomic E-state index is -4.90. The molecule has 1 N–H and O–H groups in total. The van der Waals surface area contributed by atoms with Crippen molar-refractivity contribution in [2.75, 3.05) is 25.1 Å². The van der Waals surface area contributed by atoms with Crippen molar-refractivity contribution in [2.45, 2.75) is 12.3 Å². The van der Waals surface area contributed by atoms with Crippen LogP contribution in [-0.2, 0) is 9.53 Å². The van der Waals surface area contributed by atoms with Gasteiger partial charge in [-0.3, -0.25) is 0 Å². The van der Waals surface area contributed by atoms with E-state index >= 15 is 0 Å². The Balaban J connectivity index is 2.47. The predicted molar refractivity (Wildman–Crippen MR) is 50.7 cm³/mol. The number of alkyl halides is 3. The minimum absolute atomic E-state index is 0.0358. The second-order valence-corrected chi connectivity index (χ2v) is 4.23. The van der Waals surface area contributed by atoms with Gasteiger partial charge in [-0.15, -0.1) is 0 Å². The molecule has 2 atom stereocenters. The summed E-state index contributed by atoms with van der Waals surface area (Å²) in [7, 11) is 0. The molecule has 0 amide bonds. The van der Waals surface area contributed by atoms with Gasteiger partial charge in [0.05, 0.1) is 0 Å². The van der Waals surface area contributed by atoms with Crippen molar-refractivity contribution in [3.63, 3.8) is 0 Å². The van der Waals surface area contributed by atoms with E-state index < -0.39 is 18.2 Å². The van der Waals surface area contributed by atoms with Gasteiger partial charge in [-0.05, 0) is 6.26 Å². The van der Waals surface area contributed by atoms with E-state index in [9.17, 15) is 18.0 Å². The van der Waals surface area contributed by atoms with Gasteiger partial charge in [-0.1, -0.05) is 0 Å². The molecule has 0 aromatic rings. The summed E-state index contributed by atoms with van der Waals surface area (Å²) >= 11 is 1.52. The van der Waals surface area contributed by atoms with Crippen molar-refractivity contribution in [1.29, 1.82) is 0 Å². The van der Waals surface area contributed by atoms with Crippen molar-refractivity contribution < 1.29 is 22.7 Å². The molecule has 0 bridgehead atoms. The first-order valence-corrected chi connectivity index (χ1v) is 5.82. The fraction of sp³-hybridized carbons (Fsp3) is 0.875. The van der Waals surface area contributed by atoms with Crippen LogP contribution in [0.5, 0.6) is 0 Å². The van der Waals surface area contributed by atoms with Crippen molar-refractivity contribution in [1.82, 2.24) is 5.32 Å². The molecule has 1 fully saturated rings. The molecule has 0 saturated carbocycles. The van der Waals surface area contributed by atoms with Crippen LogP contribution in [0.25, 0.3) is 0 Å². The average molecular weight is 243 g/mol. The number of rotatable bonds is 3. The zero-order chi connectivity index (χ0) is 11.5. The molecular weight excluding hydrogens is 231 g/mol. The number of hydrogen-bond donors (Lipinski definition) is 1. The maximum absolute atomic E-state index is 11.9. The van der Waals surface area contributed by atoms with E-state index in [0.717, 1.165) is 0 Å². The number of ether oxygens (including phenoxy) is 1. The zero-order valence-electron chi connectivity index (χ0n) is 8.13. The van der Waals surface area contributed by atoms with Gasteiger partial charge in [0.2, 0.25) is 0 Å². The quantitative estimate of drug-likeness (QED) is 0.752. The number of thioether (sulfide) groups is 1. The molecule has 1 aliphatic rings. The van der Waals surface area contributed by atoms with Crippen LogP contribution >= 0.6 is 11.8 Å². The van der Waals surface area contributed by atoms with Gasteiger partial charge < -0.3 is 10.1 Å². The molecular formula is C8H12F3NO2S. The second kappa shape index (κ2) is 5.07. The number of halogens is 3. The molecule has 15 heavy (non-hydrogen) atoms. The number of carbonyl (C=O) groups is 1. The highest BCUT2D eigenvalue weighted by atomic mass is 32.2. The fourth-order valence-corrected chi connectivity index (χ4v) is 2.19. The first-order valence-electron chi connectivity index (χ1n) is 4.42. The van der Waals surface area contributed by atoms with Crippen LogP contribution in [-0.4, -0.2) is 43.3 Å².